The van der Waals surface area contributed by atoms with Crippen molar-refractivity contribution in [2.24, 2.45) is 0 Å². The summed E-state index contributed by atoms with van der Waals surface area (Å²) in [5, 5.41) is 6.52. The van der Waals surface area contributed by atoms with E-state index in [1.54, 1.807) is 0 Å². The van der Waals surface area contributed by atoms with E-state index < -0.39 is 11.5 Å². The number of hydrogen-bond acceptors (Lipinski definition) is 4. The van der Waals surface area contributed by atoms with E-state index in [9.17, 15) is 9.59 Å². The van der Waals surface area contributed by atoms with E-state index in [-0.39, 0.29) is 0 Å². The maximum absolute atomic E-state index is 9.60. The summed E-state index contributed by atoms with van der Waals surface area (Å²) >= 11 is 3.02. The lowest BCUT2D eigenvalue weighted by Gasteiger charge is -1.90. The zero-order chi connectivity index (χ0) is 6.57. The average Bonchev–Trinajstić information content (AvgIpc) is 1.61. The molecule has 0 rings (SSSR count). The Kier molecular flexibility index (Phi) is 2.78. The molecule has 0 unspecified atom stereocenters. The number of carboxylic acid groups (broad SMARTS) is 1. The average molecular weight is 138 g/mol. The van der Waals surface area contributed by atoms with E-state index in [4.69, 9.17) is 5.11 Å². The first-order valence-corrected chi connectivity index (χ1v) is 1.88. The van der Waals surface area contributed by atoms with Gasteiger partial charge in [-0.25, -0.2) is 19.4 Å². The summed E-state index contributed by atoms with van der Waals surface area (Å²) in [5.41, 5.74) is 0. The Morgan fingerprint density at radius 3 is 2.00 bits per heavy atom. The molecule has 0 aliphatic rings. The zero-order valence-electron chi connectivity index (χ0n) is 3.53. The molecule has 0 aromatic heterocycles. The molecule has 0 aliphatic carbocycles. The Labute approximate surface area is 49.5 Å². The van der Waals surface area contributed by atoms with Gasteiger partial charge in [0.05, 0.1) is 0 Å². The largest absolute Gasteiger partial charge is 0.547 e. The van der Waals surface area contributed by atoms with Crippen LogP contribution in [0, 0.1) is 0 Å². The van der Waals surface area contributed by atoms with Gasteiger partial charge in [-0.1, -0.05) is 12.6 Å². The number of carbonyl (C=O) groups excluding carboxylic acids is 1. The summed E-state index contributed by atoms with van der Waals surface area (Å²) < 4.78 is 0. The van der Waals surface area contributed by atoms with Crippen molar-refractivity contribution in [1.29, 1.82) is 0 Å². The molecule has 0 bridgehead atoms. The highest BCUT2D eigenvalue weighted by Gasteiger charge is 1.99. The van der Waals surface area contributed by atoms with Crippen molar-refractivity contribution in [2.45, 2.75) is 0 Å². The fraction of sp³-hybridized carbons (Fsp3) is 0. The van der Waals surface area contributed by atoms with Gasteiger partial charge in [-0.15, -0.1) is 0 Å². The van der Waals surface area contributed by atoms with Gasteiger partial charge >= 0.3 is 11.5 Å². The van der Waals surface area contributed by atoms with Crippen LogP contribution in [0.4, 0.5) is 9.59 Å². The maximum atomic E-state index is 9.60. The van der Waals surface area contributed by atoms with E-state index >= 15 is 0 Å². The van der Waals surface area contributed by atoms with Gasteiger partial charge in [-0.2, -0.15) is 0 Å². The van der Waals surface area contributed by atoms with Crippen molar-refractivity contribution in [1.82, 2.24) is 0 Å². The highest BCUT2D eigenvalue weighted by molar-refractivity contribution is 7.96. The lowest BCUT2D eigenvalue weighted by Crippen LogP contribution is -2.02. The van der Waals surface area contributed by atoms with Gasteiger partial charge in [0.1, 0.15) is 0 Å². The molecule has 1 N–H and O–H groups in total. The predicted molar refractivity (Wildman–Crippen MR) is 24.6 cm³/mol. The summed E-state index contributed by atoms with van der Waals surface area (Å²) in [7, 11) is 0. The molecule has 0 radical (unpaired) electrons. The molecule has 5 nitrogen and oxygen atoms in total. The van der Waals surface area contributed by atoms with Crippen molar-refractivity contribution in [3.05, 3.63) is 0 Å². The van der Waals surface area contributed by atoms with E-state index in [0.717, 1.165) is 0 Å². The van der Waals surface area contributed by atoms with Crippen molar-refractivity contribution >= 4 is 24.1 Å². The summed E-state index contributed by atoms with van der Waals surface area (Å²) in [4.78, 5) is 25.7. The number of carbonyl (C=O) groups is 2. The molecule has 0 heterocycles. The first-order chi connectivity index (χ1) is 3.63. The second kappa shape index (κ2) is 3.14. The van der Waals surface area contributed by atoms with Crippen LogP contribution in [0.5, 0.6) is 0 Å². The second-order valence-electron chi connectivity index (χ2n) is 0.698. The first kappa shape index (κ1) is 7.09. The molecule has 6 heteroatoms. The molecule has 0 spiro atoms. The third-order valence-electron chi connectivity index (χ3n) is 0.184. The van der Waals surface area contributed by atoms with Crippen LogP contribution in [-0.4, -0.2) is 16.6 Å². The Hall–Kier alpha value is -0.910. The van der Waals surface area contributed by atoms with Crippen LogP contribution in [0.3, 0.4) is 0 Å². The third-order valence-corrected chi connectivity index (χ3v) is 0.259. The van der Waals surface area contributed by atoms with E-state index in [2.05, 4.69) is 22.4 Å². The van der Waals surface area contributed by atoms with Gasteiger partial charge in [0, 0.05) is 0 Å². The van der Waals surface area contributed by atoms with Crippen molar-refractivity contribution in [3.63, 3.8) is 0 Å². The lowest BCUT2D eigenvalue weighted by atomic mass is 11.4. The van der Waals surface area contributed by atoms with E-state index in [1.807, 2.05) is 0 Å². The topological polar surface area (TPSA) is 72.8 Å². The molecule has 0 aromatic carbocycles. The van der Waals surface area contributed by atoms with Crippen LogP contribution in [0.25, 0.3) is 0 Å². The molecule has 0 amide bonds. The van der Waals surface area contributed by atoms with Gasteiger partial charge in [-0.3, -0.25) is 0 Å². The summed E-state index contributed by atoms with van der Waals surface area (Å²) in [6.07, 6.45) is -1.69. The Morgan fingerprint density at radius 2 is 1.88 bits per heavy atom. The highest BCUT2D eigenvalue weighted by atomic mass is 32.1. The van der Waals surface area contributed by atoms with Crippen molar-refractivity contribution < 1.29 is 24.5 Å². The summed E-state index contributed by atoms with van der Waals surface area (Å²) in [6, 6.07) is 0. The fourth-order valence-corrected chi connectivity index (χ4v) is 0.109. The van der Waals surface area contributed by atoms with E-state index in [1.165, 1.54) is 0 Å². The zero-order valence-corrected chi connectivity index (χ0v) is 4.42. The van der Waals surface area contributed by atoms with Crippen LogP contribution in [0.2, 0.25) is 0 Å². The molecule has 0 fully saturated rings. The van der Waals surface area contributed by atoms with Gasteiger partial charge in [0.15, 0.2) is 0 Å². The van der Waals surface area contributed by atoms with Crippen LogP contribution >= 0.6 is 12.6 Å². The Bertz CT molecular complexity index is 95.0. The van der Waals surface area contributed by atoms with Crippen LogP contribution < -0.4 is 0 Å². The third kappa shape index (κ3) is 5.09. The van der Waals surface area contributed by atoms with Crippen molar-refractivity contribution in [2.75, 3.05) is 0 Å². The lowest BCUT2D eigenvalue weighted by molar-refractivity contribution is -0.184. The molecule has 0 aliphatic heterocycles. The molecule has 0 aromatic rings. The van der Waals surface area contributed by atoms with Gasteiger partial charge in [-0.05, 0) is 0 Å². The smallest absolute Gasteiger partial charge is 0.447 e. The monoisotopic (exact) mass is 138 g/mol. The number of thiol groups is 1. The van der Waals surface area contributed by atoms with Gasteiger partial charge in [0.25, 0.3) is 0 Å². The SMILES string of the molecule is O=C(O)OOC(=O)S. The molecule has 0 atom stereocenters. The van der Waals surface area contributed by atoms with Crippen LogP contribution in [0.1, 0.15) is 0 Å². The Balaban J connectivity index is 3.18. The normalized spacial score (nSPS) is 7.62. The number of rotatable bonds is 0. The summed E-state index contributed by atoms with van der Waals surface area (Å²) in [5.74, 6) is 0. The highest BCUT2D eigenvalue weighted by Crippen LogP contribution is 1.86. The number of hydrogen-bond donors (Lipinski definition) is 2. The minimum Gasteiger partial charge on any atom is -0.447 e. The van der Waals surface area contributed by atoms with Crippen LogP contribution in [0.15, 0.2) is 0 Å². The molecule has 46 valence electrons. The molecule has 8 heavy (non-hydrogen) atoms. The molecule has 0 saturated carbocycles. The minimum atomic E-state index is -1.69. The maximum Gasteiger partial charge on any atom is 0.547 e. The molecular formula is C2H2O5S. The molecular weight excluding hydrogens is 136 g/mol. The van der Waals surface area contributed by atoms with E-state index in [0.29, 0.717) is 0 Å². The van der Waals surface area contributed by atoms with Gasteiger partial charge < -0.3 is 5.11 Å². The van der Waals surface area contributed by atoms with Crippen LogP contribution in [-0.2, 0) is 9.78 Å². The first-order valence-electron chi connectivity index (χ1n) is 1.43. The Morgan fingerprint density at radius 1 is 1.38 bits per heavy atom. The predicted octanol–water partition coefficient (Wildman–Crippen LogP) is 0.662. The second-order valence-corrected chi connectivity index (χ2v) is 1.06. The standard InChI is InChI=1S/C2H2O5S/c3-1(4)6-7-2(5)8/h(H,3,4)(H,5,8). The van der Waals surface area contributed by atoms with Gasteiger partial charge in [0.2, 0.25) is 0 Å². The summed E-state index contributed by atoms with van der Waals surface area (Å²) in [6.45, 7) is 0. The quantitative estimate of drug-likeness (QED) is 0.292. The minimum absolute atomic E-state index is 1.10. The fourth-order valence-electron chi connectivity index (χ4n) is 0.0713. The van der Waals surface area contributed by atoms with Crippen molar-refractivity contribution in [3.8, 4) is 0 Å². The molecule has 0 saturated heterocycles.